The van der Waals surface area contributed by atoms with Crippen molar-refractivity contribution in [2.24, 2.45) is 17.8 Å². The van der Waals surface area contributed by atoms with E-state index in [0.29, 0.717) is 25.7 Å². The van der Waals surface area contributed by atoms with Crippen LogP contribution in [-0.4, -0.2) is 96.7 Å². The highest BCUT2D eigenvalue weighted by atomic mass is 31.2. The van der Waals surface area contributed by atoms with Crippen LogP contribution < -0.4 is 0 Å². The van der Waals surface area contributed by atoms with Crippen LogP contribution in [0.1, 0.15) is 447 Å². The molecule has 17 nitrogen and oxygen atoms in total. The summed E-state index contributed by atoms with van der Waals surface area (Å²) in [5, 5.41) is 10.7. The summed E-state index contributed by atoms with van der Waals surface area (Å²) in [5.74, 6) is 0.259. The molecule has 0 aliphatic heterocycles. The molecule has 7 atom stereocenters. The first kappa shape index (κ1) is 102. The quantitative estimate of drug-likeness (QED) is 0.0222. The maximum Gasteiger partial charge on any atom is 0.472 e. The van der Waals surface area contributed by atoms with E-state index in [0.717, 1.165) is 114 Å². The number of phosphoric acid groups is 2. The van der Waals surface area contributed by atoms with Crippen molar-refractivity contribution in [1.82, 2.24) is 0 Å². The molecule has 0 radical (unpaired) electrons. The van der Waals surface area contributed by atoms with Gasteiger partial charge < -0.3 is 33.8 Å². The van der Waals surface area contributed by atoms with Gasteiger partial charge in [-0.3, -0.25) is 37.3 Å². The van der Waals surface area contributed by atoms with Crippen molar-refractivity contribution in [3.8, 4) is 0 Å². The lowest BCUT2D eigenvalue weighted by Gasteiger charge is -2.21. The largest absolute Gasteiger partial charge is 0.472 e. The predicted molar refractivity (Wildman–Crippen MR) is 428 cm³/mol. The monoisotopic (exact) mass is 1520 g/mol. The van der Waals surface area contributed by atoms with Gasteiger partial charge in [0.15, 0.2) is 12.2 Å². The average molecular weight is 1520 g/mol. The molecule has 0 heterocycles. The first-order valence-corrected chi connectivity index (χ1v) is 46.9. The number of aliphatic hydroxyl groups is 1. The number of aliphatic hydroxyl groups excluding tert-OH is 1. The predicted octanol–water partition coefficient (Wildman–Crippen LogP) is 25.7. The van der Waals surface area contributed by atoms with Crippen molar-refractivity contribution in [2.45, 2.75) is 465 Å². The van der Waals surface area contributed by atoms with Gasteiger partial charge in [0, 0.05) is 25.7 Å². The van der Waals surface area contributed by atoms with E-state index in [4.69, 9.17) is 37.0 Å². The van der Waals surface area contributed by atoms with E-state index in [2.05, 4.69) is 48.5 Å². The first-order chi connectivity index (χ1) is 50.3. The van der Waals surface area contributed by atoms with Crippen LogP contribution in [0.25, 0.3) is 0 Å². The molecule has 0 aromatic carbocycles. The fourth-order valence-electron chi connectivity index (χ4n) is 13.1. The molecule has 0 aliphatic carbocycles. The first-order valence-electron chi connectivity index (χ1n) is 43.9. The Hall–Kier alpha value is -1.94. The van der Waals surface area contributed by atoms with Gasteiger partial charge in [0.2, 0.25) is 0 Å². The van der Waals surface area contributed by atoms with Crippen LogP contribution in [0.5, 0.6) is 0 Å². The number of rotatable bonds is 83. The summed E-state index contributed by atoms with van der Waals surface area (Å²) in [6.45, 7) is 12.0. The minimum absolute atomic E-state index is 0.106. The number of hydrogen-bond donors (Lipinski definition) is 3. The van der Waals surface area contributed by atoms with E-state index in [1.165, 1.54) is 250 Å². The van der Waals surface area contributed by atoms with Crippen molar-refractivity contribution in [3.63, 3.8) is 0 Å². The Kier molecular flexibility index (Phi) is 73.7. The van der Waals surface area contributed by atoms with Crippen molar-refractivity contribution in [1.29, 1.82) is 0 Å². The Balaban J connectivity index is 5.22. The van der Waals surface area contributed by atoms with E-state index in [1.54, 1.807) is 0 Å². The summed E-state index contributed by atoms with van der Waals surface area (Å²) in [7, 11) is -9.93. The Morgan fingerprint density at radius 1 is 0.279 bits per heavy atom. The normalized spacial score (nSPS) is 14.4. The van der Waals surface area contributed by atoms with E-state index in [-0.39, 0.29) is 25.7 Å². The van der Waals surface area contributed by atoms with Crippen LogP contribution in [0.15, 0.2) is 0 Å². The Labute approximate surface area is 638 Å². The molecule has 104 heavy (non-hydrogen) atoms. The standard InChI is InChI=1S/C85H166O17P2/c1-8-11-12-13-14-15-16-17-18-19-23-26-29-34-39-44-52-59-66-82(87)95-72-80(101-84(89)68-61-54-45-40-35-30-27-24-21-20-22-25-28-33-38-43-50-57-64-77(6)9-2)74-99-103(91,92)97-70-79(86)71-98-104(93,94)100-75-81(73-96-83(88)67-60-53-48-47-51-58-65-78(7)10-3)102-85(90)69-62-55-46-41-36-31-32-37-42-49-56-63-76(4)5/h76-81,86H,8-75H2,1-7H3,(H,91,92)(H,93,94)/t77?,78?,79-,80-,81-/m1/s1. The maximum atomic E-state index is 13.1. The highest BCUT2D eigenvalue weighted by molar-refractivity contribution is 7.47. The number of unbranched alkanes of at least 4 members (excludes halogenated alkanes) is 49. The van der Waals surface area contributed by atoms with Crippen LogP contribution in [0.4, 0.5) is 0 Å². The molecule has 618 valence electrons. The molecular weight excluding hydrogens is 1350 g/mol. The molecule has 0 saturated carbocycles. The van der Waals surface area contributed by atoms with Crippen LogP contribution in [-0.2, 0) is 65.4 Å². The van der Waals surface area contributed by atoms with Gasteiger partial charge in [0.25, 0.3) is 0 Å². The van der Waals surface area contributed by atoms with Crippen molar-refractivity contribution < 1.29 is 80.2 Å². The number of carbonyl (C=O) groups excluding carboxylic acids is 4. The SMILES string of the molecule is CCCCCCCCCCCCCCCCCCCCC(=O)OC[C@H](COP(=O)(O)OC[C@@H](O)COP(=O)(O)OC[C@@H](COC(=O)CCCCCCCCC(C)CC)OC(=O)CCCCCCCCCCCCCC(C)C)OC(=O)CCCCCCCCCCCCCCCCCCCCC(C)CC. The van der Waals surface area contributed by atoms with Gasteiger partial charge in [0.1, 0.15) is 19.3 Å². The lowest BCUT2D eigenvalue weighted by Crippen LogP contribution is -2.30. The van der Waals surface area contributed by atoms with Crippen LogP contribution in [0.2, 0.25) is 0 Å². The average Bonchev–Trinajstić information content (AvgIpc) is 0.919. The zero-order valence-electron chi connectivity index (χ0n) is 68.5. The van der Waals surface area contributed by atoms with Crippen LogP contribution >= 0.6 is 15.6 Å². The highest BCUT2D eigenvalue weighted by Crippen LogP contribution is 2.45. The Bertz CT molecular complexity index is 2010. The zero-order chi connectivity index (χ0) is 76.5. The number of carbonyl (C=O) groups is 4. The fourth-order valence-corrected chi connectivity index (χ4v) is 14.7. The summed E-state index contributed by atoms with van der Waals surface area (Å²) in [5.41, 5.74) is 0. The molecule has 0 fully saturated rings. The number of esters is 4. The third-order valence-corrected chi connectivity index (χ3v) is 22.5. The molecule has 4 unspecified atom stereocenters. The van der Waals surface area contributed by atoms with Gasteiger partial charge in [-0.1, -0.05) is 395 Å². The number of ether oxygens (including phenoxy) is 4. The molecular formula is C85H166O17P2. The van der Waals surface area contributed by atoms with E-state index in [9.17, 15) is 43.2 Å². The molecule has 0 saturated heterocycles. The minimum atomic E-state index is -4.97. The highest BCUT2D eigenvalue weighted by Gasteiger charge is 2.30. The molecule has 0 aliphatic rings. The van der Waals surface area contributed by atoms with Gasteiger partial charge in [-0.2, -0.15) is 0 Å². The van der Waals surface area contributed by atoms with Crippen molar-refractivity contribution >= 4 is 39.5 Å². The molecule has 0 spiro atoms. The van der Waals surface area contributed by atoms with Crippen LogP contribution in [0.3, 0.4) is 0 Å². The van der Waals surface area contributed by atoms with Gasteiger partial charge in [-0.25, -0.2) is 9.13 Å². The second-order valence-electron chi connectivity index (χ2n) is 31.5. The summed E-state index contributed by atoms with van der Waals surface area (Å²) in [6, 6.07) is 0. The van der Waals surface area contributed by atoms with Crippen molar-refractivity contribution in [2.75, 3.05) is 39.6 Å². The summed E-state index contributed by atoms with van der Waals surface area (Å²) < 4.78 is 68.8. The lowest BCUT2D eigenvalue weighted by atomic mass is 9.99. The molecule has 0 aromatic heterocycles. The Morgan fingerprint density at radius 3 is 0.731 bits per heavy atom. The van der Waals surface area contributed by atoms with E-state index >= 15 is 0 Å². The topological polar surface area (TPSA) is 237 Å². The maximum absolute atomic E-state index is 13.1. The number of hydrogen-bond acceptors (Lipinski definition) is 15. The van der Waals surface area contributed by atoms with Crippen molar-refractivity contribution in [3.05, 3.63) is 0 Å². The van der Waals surface area contributed by atoms with Crippen LogP contribution in [0, 0.1) is 17.8 Å². The minimum Gasteiger partial charge on any atom is -0.462 e. The van der Waals surface area contributed by atoms with Gasteiger partial charge in [-0.05, 0) is 43.4 Å². The second kappa shape index (κ2) is 75.1. The summed E-state index contributed by atoms with van der Waals surface area (Å²) >= 11 is 0. The second-order valence-corrected chi connectivity index (χ2v) is 34.4. The molecule has 19 heteroatoms. The fraction of sp³-hybridized carbons (Fsp3) is 0.953. The molecule has 3 N–H and O–H groups in total. The molecule has 0 rings (SSSR count). The van der Waals surface area contributed by atoms with Gasteiger partial charge in [-0.15, -0.1) is 0 Å². The smallest absolute Gasteiger partial charge is 0.462 e. The third-order valence-electron chi connectivity index (χ3n) is 20.6. The van der Waals surface area contributed by atoms with E-state index in [1.807, 2.05) is 0 Å². The summed E-state index contributed by atoms with van der Waals surface area (Å²) in [4.78, 5) is 73.2. The lowest BCUT2D eigenvalue weighted by molar-refractivity contribution is -0.161. The summed E-state index contributed by atoms with van der Waals surface area (Å²) in [6.07, 6.45) is 65.3. The third kappa shape index (κ3) is 75.5. The zero-order valence-corrected chi connectivity index (χ0v) is 70.3. The molecule has 0 amide bonds. The van der Waals surface area contributed by atoms with E-state index < -0.39 is 97.5 Å². The Morgan fingerprint density at radius 2 is 0.490 bits per heavy atom. The van der Waals surface area contributed by atoms with Gasteiger partial charge in [0.05, 0.1) is 26.4 Å². The number of phosphoric ester groups is 2. The molecule has 0 aromatic rings. The van der Waals surface area contributed by atoms with Gasteiger partial charge >= 0.3 is 39.5 Å². The molecule has 0 bridgehead atoms.